The molecule has 14 nitrogen and oxygen atoms in total. The number of aromatic amines is 2. The van der Waals surface area contributed by atoms with E-state index in [4.69, 9.17) is 14.5 Å². The number of rotatable bonds is 11. The van der Waals surface area contributed by atoms with Crippen LogP contribution < -0.4 is 10.6 Å². The third-order valence-corrected chi connectivity index (χ3v) is 14.1. The average Bonchev–Trinajstić information content (AvgIpc) is 4.15. The van der Waals surface area contributed by atoms with Crippen molar-refractivity contribution < 1.29 is 37.4 Å². The van der Waals surface area contributed by atoms with Gasteiger partial charge in [-0.2, -0.15) is 0 Å². The number of amides is 4. The molecule has 2 aromatic heterocycles. The van der Waals surface area contributed by atoms with Crippen LogP contribution in [-0.2, 0) is 31.4 Å². The van der Waals surface area contributed by atoms with Gasteiger partial charge in [-0.1, -0.05) is 83.4 Å². The first-order valence-corrected chi connectivity index (χ1v) is 22.7. The lowest BCUT2D eigenvalue weighted by atomic mass is 9.69. The number of carbonyl (C=O) groups is 4. The molecule has 3 fully saturated rings. The number of halogens is 2. The molecule has 4 aliphatic rings. The quantitative estimate of drug-likeness (QED) is 0.116. The summed E-state index contributed by atoms with van der Waals surface area (Å²) in [6.45, 7) is 8.52. The summed E-state index contributed by atoms with van der Waals surface area (Å²) in [5, 5.41) is 5.37. The summed E-state index contributed by atoms with van der Waals surface area (Å²) < 4.78 is 44.3. The molecule has 2 aliphatic carbocycles. The Hall–Kier alpha value is -5.80. The van der Waals surface area contributed by atoms with Crippen LogP contribution in [0.2, 0.25) is 0 Å². The number of benzene rings is 2. The highest BCUT2D eigenvalue weighted by Crippen LogP contribution is 2.63. The van der Waals surface area contributed by atoms with E-state index in [9.17, 15) is 19.2 Å². The van der Waals surface area contributed by atoms with Crippen LogP contribution in [0.15, 0.2) is 48.8 Å². The standard InChI is InChI=1S/C48H60F2N8O6/c1-27(2)39(55-45(61)63-5)43(59)57-22-10-12-36(57)41-51-25-34(53-41)30-16-14-29(15-17-30)31-18-19-32(33-24-47(20-8-7-9-21-47)48(49,50)38(31)33)35-26-52-42(54-35)37-13-11-23-58(37)44(60)40(28(3)4)56-46(62)64-6/h14-19,25-28,36-37,39-40H,7-13,20-24H2,1-6H3,(H,51,53)(H,52,54)(H,55,61)(H,56,62)/t36-,37-,39-,40-/m0/s1. The maximum atomic E-state index is 17.3. The average molecular weight is 883 g/mol. The largest absolute Gasteiger partial charge is 0.453 e. The van der Waals surface area contributed by atoms with Gasteiger partial charge < -0.3 is 39.9 Å². The van der Waals surface area contributed by atoms with E-state index in [-0.39, 0.29) is 47.7 Å². The molecule has 16 heteroatoms. The Morgan fingerprint density at radius 1 is 0.688 bits per heavy atom. The van der Waals surface area contributed by atoms with Crippen LogP contribution in [-0.4, -0.2) is 93.1 Å². The summed E-state index contributed by atoms with van der Waals surface area (Å²) in [6, 6.07) is 9.11. The monoisotopic (exact) mass is 882 g/mol. The van der Waals surface area contributed by atoms with Gasteiger partial charge in [-0.3, -0.25) is 9.59 Å². The maximum absolute atomic E-state index is 17.3. The zero-order valence-electron chi connectivity index (χ0n) is 37.6. The summed E-state index contributed by atoms with van der Waals surface area (Å²) in [6.07, 6.45) is 8.62. The minimum Gasteiger partial charge on any atom is -0.453 e. The highest BCUT2D eigenvalue weighted by atomic mass is 19.3. The summed E-state index contributed by atoms with van der Waals surface area (Å²) in [4.78, 5) is 71.5. The lowest BCUT2D eigenvalue weighted by Gasteiger charge is -2.39. The molecule has 64 heavy (non-hydrogen) atoms. The van der Waals surface area contributed by atoms with Gasteiger partial charge in [0.1, 0.15) is 23.7 Å². The molecule has 2 saturated heterocycles. The van der Waals surface area contributed by atoms with Gasteiger partial charge in [-0.05, 0) is 79.0 Å². The third kappa shape index (κ3) is 8.12. The molecule has 0 radical (unpaired) electrons. The fourth-order valence-electron chi connectivity index (χ4n) is 10.6. The van der Waals surface area contributed by atoms with Gasteiger partial charge in [0.05, 0.1) is 50.1 Å². The number of alkyl halides is 2. The number of nitrogens with zero attached hydrogens (tertiary/aromatic N) is 4. The molecule has 8 rings (SSSR count). The molecular weight excluding hydrogens is 823 g/mol. The van der Waals surface area contributed by atoms with Crippen LogP contribution in [0, 0.1) is 17.3 Å². The third-order valence-electron chi connectivity index (χ3n) is 14.1. The Morgan fingerprint density at radius 2 is 1.17 bits per heavy atom. The van der Waals surface area contributed by atoms with E-state index in [1.54, 1.807) is 28.3 Å². The van der Waals surface area contributed by atoms with Crippen LogP contribution in [0.1, 0.15) is 120 Å². The van der Waals surface area contributed by atoms with Crippen molar-refractivity contribution >= 4 is 24.0 Å². The fraction of sp³-hybridized carbons (Fsp3) is 0.542. The zero-order valence-corrected chi connectivity index (χ0v) is 37.6. The minimum atomic E-state index is -3.08. The van der Waals surface area contributed by atoms with Gasteiger partial charge >= 0.3 is 12.2 Å². The van der Waals surface area contributed by atoms with Crippen molar-refractivity contribution in [3.8, 4) is 33.6 Å². The number of likely N-dealkylation sites (tertiary alicyclic amines) is 2. The number of fused-ring (bicyclic) bond motifs is 1. The first kappa shape index (κ1) is 44.8. The van der Waals surface area contributed by atoms with Crippen molar-refractivity contribution in [2.45, 2.75) is 122 Å². The Morgan fingerprint density at radius 3 is 1.69 bits per heavy atom. The second-order valence-corrected chi connectivity index (χ2v) is 18.6. The number of nitrogens with one attached hydrogen (secondary N) is 4. The molecule has 4 N–H and O–H groups in total. The molecule has 2 aliphatic heterocycles. The molecular formula is C48H60F2N8O6. The van der Waals surface area contributed by atoms with Gasteiger partial charge in [-0.15, -0.1) is 0 Å². The predicted octanol–water partition coefficient (Wildman–Crippen LogP) is 8.82. The molecule has 342 valence electrons. The normalized spacial score (nSPS) is 21.0. The van der Waals surface area contributed by atoms with Crippen molar-refractivity contribution in [3.63, 3.8) is 0 Å². The predicted molar refractivity (Wildman–Crippen MR) is 236 cm³/mol. The van der Waals surface area contributed by atoms with Gasteiger partial charge in [0.15, 0.2) is 0 Å². The molecule has 0 unspecified atom stereocenters. The molecule has 0 bridgehead atoms. The topological polar surface area (TPSA) is 175 Å². The summed E-state index contributed by atoms with van der Waals surface area (Å²) in [7, 11) is 2.53. The number of hydrogen-bond donors (Lipinski definition) is 4. The van der Waals surface area contributed by atoms with Crippen molar-refractivity contribution in [2.24, 2.45) is 17.3 Å². The number of imidazole rings is 2. The van der Waals surface area contributed by atoms with Crippen LogP contribution >= 0.6 is 0 Å². The number of hydrogen-bond acceptors (Lipinski definition) is 8. The van der Waals surface area contributed by atoms with Gasteiger partial charge in [0, 0.05) is 29.6 Å². The number of ether oxygens (including phenoxy) is 2. The number of methoxy groups -OCH3 is 2. The summed E-state index contributed by atoms with van der Waals surface area (Å²) >= 11 is 0. The zero-order chi connectivity index (χ0) is 45.5. The molecule has 4 aromatic rings. The van der Waals surface area contributed by atoms with Gasteiger partial charge in [-0.25, -0.2) is 28.3 Å². The van der Waals surface area contributed by atoms with Crippen molar-refractivity contribution in [1.29, 1.82) is 0 Å². The van der Waals surface area contributed by atoms with E-state index in [2.05, 4.69) is 25.6 Å². The maximum Gasteiger partial charge on any atom is 0.407 e. The Balaban J connectivity index is 1.07. The minimum absolute atomic E-state index is 0.0679. The van der Waals surface area contributed by atoms with E-state index in [1.807, 2.05) is 58.0 Å². The van der Waals surface area contributed by atoms with Crippen molar-refractivity contribution in [1.82, 2.24) is 40.4 Å². The number of H-pyrrole nitrogens is 2. The second-order valence-electron chi connectivity index (χ2n) is 18.6. The van der Waals surface area contributed by atoms with E-state index in [1.165, 1.54) is 14.2 Å². The number of alkyl carbamates (subject to hydrolysis) is 2. The van der Waals surface area contributed by atoms with Crippen LogP contribution in [0.5, 0.6) is 0 Å². The van der Waals surface area contributed by atoms with Crippen LogP contribution in [0.25, 0.3) is 33.6 Å². The molecule has 1 spiro atoms. The summed E-state index contributed by atoms with van der Waals surface area (Å²) in [5.74, 6) is -2.61. The second kappa shape index (κ2) is 18.0. The highest BCUT2D eigenvalue weighted by molar-refractivity contribution is 5.87. The number of carbonyl (C=O) groups excluding carboxylic acids is 4. The Bertz CT molecular complexity index is 2370. The molecule has 4 atom stereocenters. The molecule has 1 saturated carbocycles. The Kier molecular flexibility index (Phi) is 12.6. The van der Waals surface area contributed by atoms with Crippen molar-refractivity contribution in [2.75, 3.05) is 27.3 Å². The van der Waals surface area contributed by atoms with Crippen LogP contribution in [0.4, 0.5) is 18.4 Å². The highest BCUT2D eigenvalue weighted by Gasteiger charge is 2.61. The van der Waals surface area contributed by atoms with Crippen molar-refractivity contribution in [3.05, 3.63) is 71.6 Å². The first-order chi connectivity index (χ1) is 30.7. The van der Waals surface area contributed by atoms with Crippen LogP contribution in [0.3, 0.4) is 0 Å². The Labute approximate surface area is 372 Å². The summed E-state index contributed by atoms with van der Waals surface area (Å²) in [5.41, 5.74) is 3.55. The van der Waals surface area contributed by atoms with E-state index in [0.29, 0.717) is 78.4 Å². The lowest BCUT2D eigenvalue weighted by molar-refractivity contribution is -0.136. The van der Waals surface area contributed by atoms with Gasteiger partial charge in [0.25, 0.3) is 5.92 Å². The molecule has 2 aromatic carbocycles. The lowest BCUT2D eigenvalue weighted by Crippen LogP contribution is -2.51. The van der Waals surface area contributed by atoms with E-state index >= 15 is 8.78 Å². The molecule has 4 amide bonds. The number of aromatic nitrogens is 4. The van der Waals surface area contributed by atoms with E-state index < -0.39 is 35.6 Å². The van der Waals surface area contributed by atoms with E-state index in [0.717, 1.165) is 43.4 Å². The first-order valence-electron chi connectivity index (χ1n) is 22.7. The SMILES string of the molecule is COC(=O)N[C@H](C(=O)N1CCC[C@H]1c1ncc(-c2ccc(-c3ccc(-c4cnc([C@@H]5CCCN5C(=O)[C@@H](NC(=O)OC)C(C)C)[nH]4)c4c3C(F)(F)C3(CCCCC3)C4)cc2)[nH]1)C(C)C. The smallest absolute Gasteiger partial charge is 0.407 e. The fourth-order valence-corrected chi connectivity index (χ4v) is 10.6. The van der Waals surface area contributed by atoms with Gasteiger partial charge in [0.2, 0.25) is 11.8 Å². The molecule has 4 heterocycles.